The lowest BCUT2D eigenvalue weighted by molar-refractivity contribution is 0.0739. The van der Waals surface area contributed by atoms with E-state index >= 15 is 0 Å². The average molecular weight is 359 g/mol. The summed E-state index contributed by atoms with van der Waals surface area (Å²) in [4.78, 5) is 17.9. The van der Waals surface area contributed by atoms with Gasteiger partial charge in [0.25, 0.3) is 5.91 Å². The molecule has 0 radical (unpaired) electrons. The Morgan fingerprint density at radius 1 is 1.32 bits per heavy atom. The van der Waals surface area contributed by atoms with Crippen LogP contribution in [0.25, 0.3) is 0 Å². The summed E-state index contributed by atoms with van der Waals surface area (Å²) in [6.45, 7) is 5.84. The van der Waals surface area contributed by atoms with Gasteiger partial charge < -0.3 is 9.80 Å². The molecular weight excluding hydrogens is 332 g/mol. The van der Waals surface area contributed by atoms with E-state index in [4.69, 9.17) is 0 Å². The summed E-state index contributed by atoms with van der Waals surface area (Å²) in [5.74, 6) is 0.294. The van der Waals surface area contributed by atoms with Gasteiger partial charge >= 0.3 is 0 Å². The fourth-order valence-corrected chi connectivity index (χ4v) is 4.20. The van der Waals surface area contributed by atoms with E-state index in [1.165, 1.54) is 22.7 Å². The number of amides is 1. The Kier molecular flexibility index (Phi) is 5.49. The van der Waals surface area contributed by atoms with Crippen LogP contribution in [0.4, 0.5) is 0 Å². The Balaban J connectivity index is 1.80. The van der Waals surface area contributed by atoms with Crippen molar-refractivity contribution in [1.82, 2.24) is 19.4 Å². The van der Waals surface area contributed by atoms with Gasteiger partial charge in [0.1, 0.15) is 4.88 Å². The second-order valence-electron chi connectivity index (χ2n) is 7.28. The molecule has 1 aliphatic rings. The van der Waals surface area contributed by atoms with Crippen LogP contribution in [0.3, 0.4) is 0 Å². The van der Waals surface area contributed by atoms with Crippen LogP contribution in [0.1, 0.15) is 65.1 Å². The van der Waals surface area contributed by atoms with Gasteiger partial charge in [0.2, 0.25) is 0 Å². The highest BCUT2D eigenvalue weighted by atomic mass is 32.1. The summed E-state index contributed by atoms with van der Waals surface area (Å²) in [5, 5.41) is 4.16. The largest absolute Gasteiger partial charge is 0.331 e. The molecule has 0 N–H and O–H groups in total. The zero-order valence-corrected chi connectivity index (χ0v) is 16.2. The predicted molar refractivity (Wildman–Crippen MR) is 101 cm³/mol. The van der Waals surface area contributed by atoms with Gasteiger partial charge in [-0.3, -0.25) is 4.79 Å². The quantitative estimate of drug-likeness (QED) is 0.818. The van der Waals surface area contributed by atoms with Crippen LogP contribution in [0.15, 0.2) is 24.3 Å². The highest BCUT2D eigenvalue weighted by Crippen LogP contribution is 2.34. The smallest absolute Gasteiger partial charge is 0.268 e. The van der Waals surface area contributed by atoms with Gasteiger partial charge in [0.15, 0.2) is 0 Å². The van der Waals surface area contributed by atoms with Crippen molar-refractivity contribution in [2.45, 2.75) is 45.2 Å². The molecule has 25 heavy (non-hydrogen) atoms. The molecule has 1 aliphatic heterocycles. The number of nitrogens with zero attached hydrogens (tertiary/aromatic N) is 4. The fraction of sp³-hybridized carbons (Fsp3) is 0.526. The topological polar surface area (TPSA) is 49.3 Å². The monoisotopic (exact) mass is 358 g/mol. The van der Waals surface area contributed by atoms with Gasteiger partial charge in [-0.05, 0) is 55.5 Å². The van der Waals surface area contributed by atoms with Crippen molar-refractivity contribution in [2.75, 3.05) is 20.6 Å². The van der Waals surface area contributed by atoms with Crippen molar-refractivity contribution < 1.29 is 4.79 Å². The van der Waals surface area contributed by atoms with Crippen molar-refractivity contribution in [3.8, 4) is 0 Å². The van der Waals surface area contributed by atoms with E-state index in [0.29, 0.717) is 4.88 Å². The number of hydrogen-bond donors (Lipinski definition) is 0. The molecule has 1 atom stereocenters. The van der Waals surface area contributed by atoms with E-state index < -0.39 is 0 Å². The number of aromatic nitrogens is 2. The third kappa shape index (κ3) is 3.90. The standard InChI is InChI=1S/C19H26N4OS/c1-13(2)17-18(25-21-20-17)19(24)23-11-5-6-16(23)15-9-7-14(8-10-15)12-22(3)4/h7-10,13,16H,5-6,11-12H2,1-4H3/t16-/m0/s1. The first-order valence-corrected chi connectivity index (χ1v) is 9.61. The number of rotatable bonds is 5. The minimum atomic E-state index is 0.0820. The van der Waals surface area contributed by atoms with Gasteiger partial charge in [-0.25, -0.2) is 0 Å². The summed E-state index contributed by atoms with van der Waals surface area (Å²) in [6.07, 6.45) is 2.06. The molecule has 134 valence electrons. The van der Waals surface area contributed by atoms with Crippen LogP contribution >= 0.6 is 11.5 Å². The van der Waals surface area contributed by atoms with E-state index in [1.54, 1.807) is 0 Å². The van der Waals surface area contributed by atoms with Crippen molar-refractivity contribution in [2.24, 2.45) is 0 Å². The summed E-state index contributed by atoms with van der Waals surface area (Å²) in [7, 11) is 4.14. The first kappa shape index (κ1) is 18.0. The van der Waals surface area contributed by atoms with Crippen LogP contribution in [0.5, 0.6) is 0 Å². The van der Waals surface area contributed by atoms with Crippen LogP contribution in [0, 0.1) is 0 Å². The molecule has 0 aliphatic carbocycles. The molecule has 2 heterocycles. The zero-order chi connectivity index (χ0) is 18.0. The summed E-state index contributed by atoms with van der Waals surface area (Å²) < 4.78 is 4.01. The van der Waals surface area contributed by atoms with Gasteiger partial charge in [-0.1, -0.05) is 42.6 Å². The molecule has 1 fully saturated rings. The maximum atomic E-state index is 13.1. The maximum Gasteiger partial charge on any atom is 0.268 e. The van der Waals surface area contributed by atoms with Crippen LogP contribution in [0.2, 0.25) is 0 Å². The molecule has 0 saturated carbocycles. The Hall–Kier alpha value is -1.79. The predicted octanol–water partition coefficient (Wildman–Crippen LogP) is 3.70. The Morgan fingerprint density at radius 2 is 2.04 bits per heavy atom. The fourth-order valence-electron chi connectivity index (χ4n) is 3.42. The summed E-state index contributed by atoms with van der Waals surface area (Å²) in [5.41, 5.74) is 3.33. The van der Waals surface area contributed by atoms with Gasteiger partial charge in [0.05, 0.1) is 11.7 Å². The zero-order valence-electron chi connectivity index (χ0n) is 15.4. The normalized spacial score (nSPS) is 17.7. The van der Waals surface area contributed by atoms with E-state index in [2.05, 4.69) is 66.7 Å². The maximum absolute atomic E-state index is 13.1. The molecule has 1 saturated heterocycles. The molecule has 0 unspecified atom stereocenters. The van der Waals surface area contributed by atoms with Crippen LogP contribution in [-0.4, -0.2) is 45.9 Å². The van der Waals surface area contributed by atoms with Gasteiger partial charge in [-0.15, -0.1) is 5.10 Å². The number of carbonyl (C=O) groups excluding carboxylic acids is 1. The Labute approximate surface area is 153 Å². The minimum absolute atomic E-state index is 0.0820. The third-order valence-electron chi connectivity index (χ3n) is 4.63. The van der Waals surface area contributed by atoms with Crippen LogP contribution in [-0.2, 0) is 6.54 Å². The highest BCUT2D eigenvalue weighted by Gasteiger charge is 2.33. The first-order valence-electron chi connectivity index (χ1n) is 8.84. The number of likely N-dealkylation sites (tertiary alicyclic amines) is 1. The molecule has 6 heteroatoms. The van der Waals surface area contributed by atoms with Crippen molar-refractivity contribution in [3.05, 3.63) is 46.0 Å². The number of hydrogen-bond acceptors (Lipinski definition) is 5. The number of benzene rings is 1. The lowest BCUT2D eigenvalue weighted by Crippen LogP contribution is -2.30. The molecule has 3 rings (SSSR count). The van der Waals surface area contributed by atoms with Crippen molar-refractivity contribution in [1.29, 1.82) is 0 Å². The van der Waals surface area contributed by atoms with E-state index in [0.717, 1.165) is 31.6 Å². The van der Waals surface area contributed by atoms with Crippen molar-refractivity contribution >= 4 is 17.4 Å². The molecule has 1 aromatic heterocycles. The summed E-state index contributed by atoms with van der Waals surface area (Å²) >= 11 is 1.22. The van der Waals surface area contributed by atoms with Gasteiger partial charge in [0, 0.05) is 13.1 Å². The minimum Gasteiger partial charge on any atom is -0.331 e. The Bertz CT molecular complexity index is 723. The van der Waals surface area contributed by atoms with E-state index in [1.807, 2.05) is 4.90 Å². The first-order chi connectivity index (χ1) is 12.0. The third-order valence-corrected chi connectivity index (χ3v) is 5.36. The molecule has 0 bridgehead atoms. The lowest BCUT2D eigenvalue weighted by atomic mass is 10.0. The molecule has 2 aromatic rings. The molecular formula is C19H26N4OS. The van der Waals surface area contributed by atoms with Gasteiger partial charge in [-0.2, -0.15) is 0 Å². The SMILES string of the molecule is CC(C)c1nnsc1C(=O)N1CCC[C@H]1c1ccc(CN(C)C)cc1. The molecule has 0 spiro atoms. The van der Waals surface area contributed by atoms with Crippen LogP contribution < -0.4 is 0 Å². The lowest BCUT2D eigenvalue weighted by Gasteiger charge is -2.25. The number of carbonyl (C=O) groups is 1. The second kappa shape index (κ2) is 7.62. The average Bonchev–Trinajstić information content (AvgIpc) is 3.24. The van der Waals surface area contributed by atoms with Crippen molar-refractivity contribution in [3.63, 3.8) is 0 Å². The summed E-state index contributed by atoms with van der Waals surface area (Å²) in [6, 6.07) is 8.84. The van der Waals surface area contributed by atoms with E-state index in [-0.39, 0.29) is 17.9 Å². The molecule has 5 nitrogen and oxygen atoms in total. The Morgan fingerprint density at radius 3 is 2.68 bits per heavy atom. The molecule has 1 amide bonds. The molecule has 1 aromatic carbocycles. The second-order valence-corrected chi connectivity index (χ2v) is 8.03. The van der Waals surface area contributed by atoms with E-state index in [9.17, 15) is 4.79 Å². The highest BCUT2D eigenvalue weighted by molar-refractivity contribution is 7.08.